The summed E-state index contributed by atoms with van der Waals surface area (Å²) in [6.45, 7) is 0. The highest BCUT2D eigenvalue weighted by molar-refractivity contribution is 9.10. The van der Waals surface area contributed by atoms with Crippen LogP contribution in [0.25, 0.3) is 22.3 Å². The van der Waals surface area contributed by atoms with E-state index in [1.165, 1.54) is 5.39 Å². The Bertz CT molecular complexity index is 719. The Kier molecular flexibility index (Phi) is 2.45. The predicted molar refractivity (Wildman–Crippen MR) is 77.2 cm³/mol. The fraction of sp³-hybridized carbons (Fsp3) is 0.154. The molecule has 0 spiro atoms. The smallest absolute Gasteiger partial charge is 0.122 e. The molecule has 0 saturated carbocycles. The second kappa shape index (κ2) is 3.88. The molecular formula is C13H13BrN4. The van der Waals surface area contributed by atoms with E-state index in [9.17, 15) is 0 Å². The van der Waals surface area contributed by atoms with Crippen molar-refractivity contribution >= 4 is 32.7 Å². The highest BCUT2D eigenvalue weighted by Crippen LogP contribution is 2.31. The molecule has 2 N–H and O–H groups in total. The molecule has 2 aromatic heterocycles. The number of aromatic nitrogens is 3. The Hall–Kier alpha value is -1.75. The topological polar surface area (TPSA) is 48.8 Å². The van der Waals surface area contributed by atoms with Crippen molar-refractivity contribution in [1.82, 2.24) is 14.3 Å². The third-order valence-electron chi connectivity index (χ3n) is 3.19. The van der Waals surface area contributed by atoms with Crippen molar-refractivity contribution in [1.29, 1.82) is 0 Å². The maximum absolute atomic E-state index is 5.83. The SMILES string of the molecule is Cn1nc(-c2cc3cccc(Br)c3n2C)cc1N. The Morgan fingerprint density at radius 3 is 2.61 bits per heavy atom. The van der Waals surface area contributed by atoms with Crippen LogP contribution in [0.15, 0.2) is 34.8 Å². The molecule has 0 aliphatic carbocycles. The maximum atomic E-state index is 5.83. The summed E-state index contributed by atoms with van der Waals surface area (Å²) < 4.78 is 4.89. The van der Waals surface area contributed by atoms with E-state index in [-0.39, 0.29) is 0 Å². The van der Waals surface area contributed by atoms with Crippen molar-refractivity contribution < 1.29 is 0 Å². The zero-order valence-electron chi connectivity index (χ0n) is 10.2. The van der Waals surface area contributed by atoms with Crippen LogP contribution < -0.4 is 5.73 Å². The third kappa shape index (κ3) is 1.54. The van der Waals surface area contributed by atoms with Gasteiger partial charge in [0.1, 0.15) is 11.5 Å². The van der Waals surface area contributed by atoms with Gasteiger partial charge in [0.25, 0.3) is 0 Å². The number of hydrogen-bond donors (Lipinski definition) is 1. The number of halogens is 1. The number of nitrogens with zero attached hydrogens (tertiary/aromatic N) is 3. The maximum Gasteiger partial charge on any atom is 0.122 e. The number of nitrogen functional groups attached to an aromatic ring is 1. The van der Waals surface area contributed by atoms with E-state index < -0.39 is 0 Å². The van der Waals surface area contributed by atoms with Gasteiger partial charge < -0.3 is 10.3 Å². The summed E-state index contributed by atoms with van der Waals surface area (Å²) in [6.07, 6.45) is 0. The van der Waals surface area contributed by atoms with Gasteiger partial charge in [-0.05, 0) is 28.1 Å². The van der Waals surface area contributed by atoms with E-state index in [2.05, 4.69) is 37.7 Å². The summed E-state index contributed by atoms with van der Waals surface area (Å²) in [7, 11) is 3.88. The minimum atomic E-state index is 0.661. The van der Waals surface area contributed by atoms with Gasteiger partial charge in [-0.15, -0.1) is 0 Å². The molecule has 0 unspecified atom stereocenters. The number of anilines is 1. The Morgan fingerprint density at radius 1 is 1.22 bits per heavy atom. The van der Waals surface area contributed by atoms with E-state index in [1.807, 2.05) is 32.3 Å². The number of hydrogen-bond acceptors (Lipinski definition) is 2. The van der Waals surface area contributed by atoms with Gasteiger partial charge in [-0.3, -0.25) is 4.68 Å². The molecule has 5 heteroatoms. The van der Waals surface area contributed by atoms with E-state index in [4.69, 9.17) is 5.73 Å². The van der Waals surface area contributed by atoms with Gasteiger partial charge >= 0.3 is 0 Å². The first-order valence-corrected chi connectivity index (χ1v) is 6.41. The van der Waals surface area contributed by atoms with Crippen LogP contribution in [0.3, 0.4) is 0 Å². The van der Waals surface area contributed by atoms with Gasteiger partial charge in [-0.25, -0.2) is 0 Å². The summed E-state index contributed by atoms with van der Waals surface area (Å²) in [5, 5.41) is 5.61. The minimum absolute atomic E-state index is 0.661. The summed E-state index contributed by atoms with van der Waals surface area (Å²) in [5.41, 5.74) is 8.95. The Labute approximate surface area is 113 Å². The number of aryl methyl sites for hydroxylation is 2. The highest BCUT2D eigenvalue weighted by atomic mass is 79.9. The zero-order chi connectivity index (χ0) is 12.9. The van der Waals surface area contributed by atoms with Gasteiger partial charge in [0.15, 0.2) is 0 Å². The molecule has 92 valence electrons. The largest absolute Gasteiger partial charge is 0.384 e. The number of para-hydroxylation sites is 1. The molecule has 4 nitrogen and oxygen atoms in total. The fourth-order valence-electron chi connectivity index (χ4n) is 2.22. The summed E-state index contributed by atoms with van der Waals surface area (Å²) in [5.74, 6) is 0.661. The lowest BCUT2D eigenvalue weighted by Gasteiger charge is -2.02. The van der Waals surface area contributed by atoms with Gasteiger partial charge in [0.2, 0.25) is 0 Å². The molecule has 1 aromatic carbocycles. The van der Waals surface area contributed by atoms with E-state index >= 15 is 0 Å². The molecule has 0 fully saturated rings. The molecule has 0 bridgehead atoms. The van der Waals surface area contributed by atoms with Gasteiger partial charge in [0.05, 0.1) is 11.2 Å². The normalized spacial score (nSPS) is 11.3. The van der Waals surface area contributed by atoms with E-state index in [1.54, 1.807) is 4.68 Å². The minimum Gasteiger partial charge on any atom is -0.384 e. The number of nitrogens with two attached hydrogens (primary N) is 1. The van der Waals surface area contributed by atoms with Crippen LogP contribution in [0.5, 0.6) is 0 Å². The van der Waals surface area contributed by atoms with E-state index in [0.717, 1.165) is 21.4 Å². The lowest BCUT2D eigenvalue weighted by Crippen LogP contribution is -1.97. The van der Waals surface area contributed by atoms with Crippen molar-refractivity contribution in [2.45, 2.75) is 0 Å². The Morgan fingerprint density at radius 2 is 2.00 bits per heavy atom. The molecule has 3 aromatic rings. The van der Waals surface area contributed by atoms with Gasteiger partial charge in [-0.2, -0.15) is 5.10 Å². The van der Waals surface area contributed by atoms with Crippen LogP contribution in [-0.4, -0.2) is 14.3 Å². The second-order valence-corrected chi connectivity index (χ2v) is 5.20. The first kappa shape index (κ1) is 11.3. The van der Waals surface area contributed by atoms with Crippen LogP contribution >= 0.6 is 15.9 Å². The zero-order valence-corrected chi connectivity index (χ0v) is 11.8. The number of benzene rings is 1. The second-order valence-electron chi connectivity index (χ2n) is 4.34. The predicted octanol–water partition coefficient (Wildman–Crippen LogP) is 2.92. The van der Waals surface area contributed by atoms with Crippen molar-refractivity contribution in [2.75, 3.05) is 5.73 Å². The van der Waals surface area contributed by atoms with Crippen LogP contribution in [0.1, 0.15) is 0 Å². The molecule has 18 heavy (non-hydrogen) atoms. The van der Waals surface area contributed by atoms with Crippen molar-refractivity contribution in [3.05, 3.63) is 34.8 Å². The molecule has 0 aliphatic heterocycles. The van der Waals surface area contributed by atoms with Gasteiger partial charge in [0, 0.05) is 30.0 Å². The van der Waals surface area contributed by atoms with Crippen LogP contribution in [-0.2, 0) is 14.1 Å². The lowest BCUT2D eigenvalue weighted by atomic mass is 10.2. The standard InChI is InChI=1S/C13H13BrN4/c1-17-11(10-7-12(15)18(2)16-10)6-8-4-3-5-9(14)13(8)17/h3-7H,15H2,1-2H3. The highest BCUT2D eigenvalue weighted by Gasteiger charge is 2.13. The molecule has 0 aliphatic rings. The number of fused-ring (bicyclic) bond motifs is 1. The van der Waals surface area contributed by atoms with E-state index in [0.29, 0.717) is 5.82 Å². The summed E-state index contributed by atoms with van der Waals surface area (Å²) in [6, 6.07) is 10.2. The van der Waals surface area contributed by atoms with Crippen molar-refractivity contribution in [3.8, 4) is 11.4 Å². The summed E-state index contributed by atoms with van der Waals surface area (Å²) in [4.78, 5) is 0. The first-order valence-electron chi connectivity index (χ1n) is 5.62. The molecule has 0 atom stereocenters. The molecule has 0 saturated heterocycles. The molecule has 0 amide bonds. The van der Waals surface area contributed by atoms with Crippen molar-refractivity contribution in [3.63, 3.8) is 0 Å². The van der Waals surface area contributed by atoms with Crippen molar-refractivity contribution in [2.24, 2.45) is 14.1 Å². The van der Waals surface area contributed by atoms with Crippen LogP contribution in [0, 0.1) is 0 Å². The quantitative estimate of drug-likeness (QED) is 0.751. The average molecular weight is 305 g/mol. The first-order chi connectivity index (χ1) is 8.58. The molecular weight excluding hydrogens is 292 g/mol. The third-order valence-corrected chi connectivity index (χ3v) is 3.83. The molecule has 3 rings (SSSR count). The average Bonchev–Trinajstić information content (AvgIpc) is 2.82. The lowest BCUT2D eigenvalue weighted by molar-refractivity contribution is 0.779. The van der Waals surface area contributed by atoms with Crippen LogP contribution in [0.4, 0.5) is 5.82 Å². The molecule has 2 heterocycles. The monoisotopic (exact) mass is 304 g/mol. The van der Waals surface area contributed by atoms with Crippen LogP contribution in [0.2, 0.25) is 0 Å². The number of rotatable bonds is 1. The molecule has 0 radical (unpaired) electrons. The Balaban J connectivity index is 2.30. The fourth-order valence-corrected chi connectivity index (χ4v) is 2.87. The van der Waals surface area contributed by atoms with Gasteiger partial charge in [-0.1, -0.05) is 12.1 Å². The summed E-state index contributed by atoms with van der Waals surface area (Å²) >= 11 is 3.58.